The van der Waals surface area contributed by atoms with Crippen LogP contribution in [0, 0.1) is 11.3 Å². The fourth-order valence-corrected chi connectivity index (χ4v) is 3.94. The minimum Gasteiger partial charge on any atom is -0.207 e. The van der Waals surface area contributed by atoms with Crippen molar-refractivity contribution in [1.29, 1.82) is 5.26 Å². The summed E-state index contributed by atoms with van der Waals surface area (Å²) < 4.78 is 22.4. The van der Waals surface area contributed by atoms with Crippen LogP contribution in [0.5, 0.6) is 0 Å². The monoisotopic (exact) mass is 313 g/mol. The third kappa shape index (κ3) is 2.20. The van der Waals surface area contributed by atoms with E-state index in [2.05, 4.69) is 15.9 Å². The first-order valence-electron chi connectivity index (χ1n) is 3.20. The van der Waals surface area contributed by atoms with Crippen LogP contribution in [0.25, 0.3) is 0 Å². The van der Waals surface area contributed by atoms with Gasteiger partial charge in [-0.3, -0.25) is 0 Å². The molecule has 0 aliphatic heterocycles. The zero-order valence-electron chi connectivity index (χ0n) is 6.46. The maximum Gasteiger partial charge on any atom is 0.263 e. The quantitative estimate of drug-likeness (QED) is 0.749. The number of halogens is 3. The van der Waals surface area contributed by atoms with Gasteiger partial charge < -0.3 is 0 Å². The molecule has 0 aromatic heterocycles. The van der Waals surface area contributed by atoms with Gasteiger partial charge >= 0.3 is 0 Å². The molecule has 0 saturated carbocycles. The molecule has 3 nitrogen and oxygen atoms in total. The summed E-state index contributed by atoms with van der Waals surface area (Å²) >= 11 is 8.67. The summed E-state index contributed by atoms with van der Waals surface area (Å²) in [4.78, 5) is -0.278. The molecule has 7 heteroatoms. The summed E-state index contributed by atoms with van der Waals surface area (Å²) in [6, 6.07) is 4.56. The molecule has 0 saturated heterocycles. The smallest absolute Gasteiger partial charge is 0.207 e. The van der Waals surface area contributed by atoms with Crippen LogP contribution < -0.4 is 0 Å². The molecule has 0 aliphatic rings. The van der Waals surface area contributed by atoms with Gasteiger partial charge in [0.2, 0.25) is 0 Å². The Hall–Kier alpha value is -0.280. The van der Waals surface area contributed by atoms with Crippen molar-refractivity contribution in [1.82, 2.24) is 0 Å². The predicted octanol–water partition coefficient (Wildman–Crippen LogP) is 2.90. The van der Waals surface area contributed by atoms with Crippen molar-refractivity contribution in [3.05, 3.63) is 27.2 Å². The van der Waals surface area contributed by atoms with Crippen molar-refractivity contribution in [2.24, 2.45) is 0 Å². The molecule has 1 aromatic rings. The second-order valence-electron chi connectivity index (χ2n) is 2.29. The zero-order chi connectivity index (χ0) is 10.9. The molecule has 0 atom stereocenters. The van der Waals surface area contributed by atoms with Gasteiger partial charge in [0.25, 0.3) is 9.05 Å². The number of nitriles is 1. The van der Waals surface area contributed by atoms with Crippen LogP contribution in [-0.4, -0.2) is 8.42 Å². The van der Waals surface area contributed by atoms with E-state index in [-0.39, 0.29) is 20.0 Å². The van der Waals surface area contributed by atoms with E-state index in [1.807, 2.05) is 0 Å². The number of benzene rings is 1. The average molecular weight is 315 g/mol. The molecule has 0 spiro atoms. The lowest BCUT2D eigenvalue weighted by Crippen LogP contribution is -1.95. The Morgan fingerprint density at radius 3 is 2.43 bits per heavy atom. The molecule has 0 N–H and O–H groups in total. The number of rotatable bonds is 1. The molecule has 0 unspecified atom stereocenters. The molecule has 1 rings (SSSR count). The van der Waals surface area contributed by atoms with Gasteiger partial charge in [0.1, 0.15) is 11.0 Å². The van der Waals surface area contributed by atoms with Gasteiger partial charge in [-0.25, -0.2) is 8.42 Å². The summed E-state index contributed by atoms with van der Waals surface area (Å²) in [6.07, 6.45) is 0. The van der Waals surface area contributed by atoms with Crippen LogP contribution in [0.2, 0.25) is 5.02 Å². The van der Waals surface area contributed by atoms with Crippen molar-refractivity contribution in [2.75, 3.05) is 0 Å². The van der Waals surface area contributed by atoms with E-state index >= 15 is 0 Å². The predicted molar refractivity (Wildman–Crippen MR) is 56.9 cm³/mol. The van der Waals surface area contributed by atoms with Gasteiger partial charge in [-0.15, -0.1) is 0 Å². The second-order valence-corrected chi connectivity index (χ2v) is 6.02. The largest absolute Gasteiger partial charge is 0.263 e. The first kappa shape index (κ1) is 11.8. The fraction of sp³-hybridized carbons (Fsp3) is 0. The van der Waals surface area contributed by atoms with Crippen LogP contribution in [0.3, 0.4) is 0 Å². The van der Waals surface area contributed by atoms with E-state index in [1.165, 1.54) is 12.1 Å². The van der Waals surface area contributed by atoms with Gasteiger partial charge in [-0.2, -0.15) is 5.26 Å². The first-order valence-corrected chi connectivity index (χ1v) is 6.68. The second kappa shape index (κ2) is 4.07. The van der Waals surface area contributed by atoms with E-state index in [1.54, 1.807) is 6.07 Å². The molecule has 0 aliphatic carbocycles. The molecule has 14 heavy (non-hydrogen) atoms. The summed E-state index contributed by atoms with van der Waals surface area (Å²) in [5, 5.41) is 8.44. The highest BCUT2D eigenvalue weighted by Crippen LogP contribution is 2.34. The van der Waals surface area contributed by atoms with E-state index in [4.69, 9.17) is 27.5 Å². The van der Waals surface area contributed by atoms with Gasteiger partial charge in [0.05, 0.1) is 10.6 Å². The number of hydrogen-bond acceptors (Lipinski definition) is 3. The molecule has 1 aromatic carbocycles. The van der Waals surface area contributed by atoms with Gasteiger partial charge in [0.15, 0.2) is 0 Å². The van der Waals surface area contributed by atoms with Gasteiger partial charge in [-0.05, 0) is 28.1 Å². The van der Waals surface area contributed by atoms with Crippen LogP contribution in [-0.2, 0) is 9.05 Å². The standard InChI is InChI=1S/C7H2BrCl2NO2S/c8-5-2-1-4(3-11)6(9)7(5)14(10,12)13/h1-2H. The van der Waals surface area contributed by atoms with Crippen molar-refractivity contribution in [3.8, 4) is 6.07 Å². The minimum atomic E-state index is -3.95. The minimum absolute atomic E-state index is 0.0640. The van der Waals surface area contributed by atoms with E-state index < -0.39 is 9.05 Å². The Balaban J connectivity index is 3.68. The molecule has 0 heterocycles. The van der Waals surface area contributed by atoms with E-state index in [0.717, 1.165) is 0 Å². The van der Waals surface area contributed by atoms with Crippen LogP contribution in [0.15, 0.2) is 21.5 Å². The molecule has 0 radical (unpaired) electrons. The van der Waals surface area contributed by atoms with Crippen molar-refractivity contribution < 1.29 is 8.42 Å². The molecular weight excluding hydrogens is 313 g/mol. The number of hydrogen-bond donors (Lipinski definition) is 0. The summed E-state index contributed by atoms with van der Waals surface area (Å²) in [7, 11) is 1.19. The SMILES string of the molecule is N#Cc1ccc(Br)c(S(=O)(=O)Cl)c1Cl. The maximum absolute atomic E-state index is 11.1. The van der Waals surface area contributed by atoms with E-state index in [9.17, 15) is 8.42 Å². The Labute approximate surface area is 98.8 Å². The lowest BCUT2D eigenvalue weighted by Gasteiger charge is -2.03. The van der Waals surface area contributed by atoms with Crippen molar-refractivity contribution in [2.45, 2.75) is 4.90 Å². The average Bonchev–Trinajstić information content (AvgIpc) is 2.02. The molecule has 74 valence electrons. The van der Waals surface area contributed by atoms with Gasteiger partial charge in [0, 0.05) is 15.2 Å². The van der Waals surface area contributed by atoms with Crippen LogP contribution in [0.4, 0.5) is 0 Å². The Morgan fingerprint density at radius 2 is 2.00 bits per heavy atom. The topological polar surface area (TPSA) is 57.9 Å². The van der Waals surface area contributed by atoms with E-state index in [0.29, 0.717) is 0 Å². The highest BCUT2D eigenvalue weighted by Gasteiger charge is 2.21. The Bertz CT molecular complexity index is 521. The van der Waals surface area contributed by atoms with Crippen LogP contribution >= 0.6 is 38.2 Å². The fourth-order valence-electron chi connectivity index (χ4n) is 0.842. The number of nitrogens with zero attached hydrogens (tertiary/aromatic N) is 1. The Morgan fingerprint density at radius 1 is 1.43 bits per heavy atom. The normalized spacial score (nSPS) is 11.0. The molecule has 0 bridgehead atoms. The third-order valence-corrected chi connectivity index (χ3v) is 4.22. The Kier molecular flexibility index (Phi) is 3.43. The summed E-state index contributed by atoms with van der Waals surface area (Å²) in [5.74, 6) is 0. The molecular formula is C7H2BrCl2NO2S. The highest BCUT2D eigenvalue weighted by atomic mass is 79.9. The first-order chi connectivity index (χ1) is 6.38. The molecule has 0 fully saturated rings. The third-order valence-electron chi connectivity index (χ3n) is 1.41. The van der Waals surface area contributed by atoms with Crippen LogP contribution in [0.1, 0.15) is 5.56 Å². The van der Waals surface area contributed by atoms with Crippen molar-refractivity contribution in [3.63, 3.8) is 0 Å². The summed E-state index contributed by atoms with van der Waals surface area (Å²) in [5.41, 5.74) is 0.0640. The maximum atomic E-state index is 11.1. The lowest BCUT2D eigenvalue weighted by molar-refractivity contribution is 0.609. The zero-order valence-corrected chi connectivity index (χ0v) is 10.4. The molecule has 0 amide bonds. The van der Waals surface area contributed by atoms with Gasteiger partial charge in [-0.1, -0.05) is 11.6 Å². The lowest BCUT2D eigenvalue weighted by atomic mass is 10.2. The van der Waals surface area contributed by atoms with Crippen molar-refractivity contribution >= 4 is 47.3 Å². The highest BCUT2D eigenvalue weighted by molar-refractivity contribution is 9.10. The summed E-state index contributed by atoms with van der Waals surface area (Å²) in [6.45, 7) is 0.